The van der Waals surface area contributed by atoms with Crippen LogP contribution in [0.25, 0.3) is 0 Å². The molecule has 6 heteroatoms. The van der Waals surface area contributed by atoms with E-state index in [1.807, 2.05) is 17.0 Å². The summed E-state index contributed by atoms with van der Waals surface area (Å²) < 4.78 is 0. The van der Waals surface area contributed by atoms with Crippen molar-refractivity contribution in [1.82, 2.24) is 20.2 Å². The molecule has 2 amide bonds. The summed E-state index contributed by atoms with van der Waals surface area (Å²) in [4.78, 5) is 34.9. The zero-order chi connectivity index (χ0) is 17.6. The molecule has 2 aromatic heterocycles. The third kappa shape index (κ3) is 4.41. The van der Waals surface area contributed by atoms with Gasteiger partial charge in [-0.1, -0.05) is 13.0 Å². The van der Waals surface area contributed by atoms with Crippen molar-refractivity contribution in [2.24, 2.45) is 5.92 Å². The van der Waals surface area contributed by atoms with E-state index in [4.69, 9.17) is 0 Å². The molecule has 130 valence electrons. The van der Waals surface area contributed by atoms with E-state index in [0.717, 1.165) is 31.5 Å². The standard InChI is InChI=1S/C19H22N4O2/c1-14-5-9-23(10-6-14)19(25)16-4-8-21-17(11-16)18(24)22-13-15-3-2-7-20-12-15/h2-4,7-8,11-12,14H,5-6,9-10,13H2,1H3,(H,22,24). The molecule has 25 heavy (non-hydrogen) atoms. The first kappa shape index (κ1) is 17.1. The quantitative estimate of drug-likeness (QED) is 0.928. The topological polar surface area (TPSA) is 75.2 Å². The summed E-state index contributed by atoms with van der Waals surface area (Å²) in [7, 11) is 0. The van der Waals surface area contributed by atoms with Crippen LogP contribution in [-0.4, -0.2) is 39.8 Å². The number of amides is 2. The van der Waals surface area contributed by atoms with Crippen LogP contribution in [0.2, 0.25) is 0 Å². The Hall–Kier alpha value is -2.76. The summed E-state index contributed by atoms with van der Waals surface area (Å²) in [5.41, 5.74) is 1.67. The molecule has 1 aliphatic rings. The summed E-state index contributed by atoms with van der Waals surface area (Å²) in [5, 5.41) is 2.80. The summed E-state index contributed by atoms with van der Waals surface area (Å²) in [6.45, 7) is 4.12. The lowest BCUT2D eigenvalue weighted by atomic mass is 9.98. The molecule has 2 aromatic rings. The van der Waals surface area contributed by atoms with Gasteiger partial charge in [-0.05, 0) is 42.5 Å². The second-order valence-electron chi connectivity index (χ2n) is 6.45. The van der Waals surface area contributed by atoms with Gasteiger partial charge in [-0.25, -0.2) is 0 Å². The maximum Gasteiger partial charge on any atom is 0.270 e. The van der Waals surface area contributed by atoms with Crippen LogP contribution in [0.15, 0.2) is 42.9 Å². The zero-order valence-electron chi connectivity index (χ0n) is 14.3. The third-order valence-corrected chi connectivity index (χ3v) is 4.49. The average molecular weight is 338 g/mol. The number of likely N-dealkylation sites (tertiary alicyclic amines) is 1. The van der Waals surface area contributed by atoms with E-state index in [-0.39, 0.29) is 17.5 Å². The van der Waals surface area contributed by atoms with Crippen molar-refractivity contribution in [2.45, 2.75) is 26.3 Å². The van der Waals surface area contributed by atoms with Gasteiger partial charge in [-0.2, -0.15) is 0 Å². The lowest BCUT2D eigenvalue weighted by molar-refractivity contribution is 0.0697. The zero-order valence-corrected chi connectivity index (χ0v) is 14.3. The van der Waals surface area contributed by atoms with E-state index in [1.165, 1.54) is 6.20 Å². The lowest BCUT2D eigenvalue weighted by Crippen LogP contribution is -2.38. The Morgan fingerprint density at radius 2 is 2.04 bits per heavy atom. The van der Waals surface area contributed by atoms with E-state index in [1.54, 1.807) is 24.5 Å². The van der Waals surface area contributed by atoms with Crippen molar-refractivity contribution < 1.29 is 9.59 Å². The molecule has 1 fully saturated rings. The lowest BCUT2D eigenvalue weighted by Gasteiger charge is -2.30. The Labute approximate surface area is 147 Å². The fourth-order valence-electron chi connectivity index (χ4n) is 2.86. The van der Waals surface area contributed by atoms with Crippen LogP contribution in [0.4, 0.5) is 0 Å². The largest absolute Gasteiger partial charge is 0.347 e. The fraction of sp³-hybridized carbons (Fsp3) is 0.368. The molecule has 0 aliphatic carbocycles. The number of hydrogen-bond acceptors (Lipinski definition) is 4. The van der Waals surface area contributed by atoms with E-state index in [2.05, 4.69) is 22.2 Å². The molecule has 1 aliphatic heterocycles. The highest BCUT2D eigenvalue weighted by Gasteiger charge is 2.22. The number of aromatic nitrogens is 2. The molecule has 0 bridgehead atoms. The molecule has 0 unspecified atom stereocenters. The minimum absolute atomic E-state index is 0.0318. The van der Waals surface area contributed by atoms with E-state index in [9.17, 15) is 9.59 Å². The number of hydrogen-bond donors (Lipinski definition) is 1. The molecule has 1 N–H and O–H groups in total. The average Bonchev–Trinajstić information content (AvgIpc) is 2.67. The molecule has 6 nitrogen and oxygen atoms in total. The molecule has 0 radical (unpaired) electrons. The highest BCUT2D eigenvalue weighted by molar-refractivity contribution is 5.98. The smallest absolute Gasteiger partial charge is 0.270 e. The van der Waals surface area contributed by atoms with Crippen molar-refractivity contribution in [3.63, 3.8) is 0 Å². The number of piperidine rings is 1. The molecule has 0 spiro atoms. The van der Waals surface area contributed by atoms with Crippen LogP contribution in [0.1, 0.15) is 46.2 Å². The number of nitrogens with zero attached hydrogens (tertiary/aromatic N) is 3. The molecular weight excluding hydrogens is 316 g/mol. The van der Waals surface area contributed by atoms with Crippen molar-refractivity contribution in [3.8, 4) is 0 Å². The second kappa shape index (κ2) is 7.88. The Morgan fingerprint density at radius 3 is 2.76 bits per heavy atom. The van der Waals surface area contributed by atoms with Crippen LogP contribution < -0.4 is 5.32 Å². The van der Waals surface area contributed by atoms with Crippen LogP contribution in [0, 0.1) is 5.92 Å². The van der Waals surface area contributed by atoms with Crippen LogP contribution in [-0.2, 0) is 6.54 Å². The van der Waals surface area contributed by atoms with Gasteiger partial charge in [0.2, 0.25) is 0 Å². The third-order valence-electron chi connectivity index (χ3n) is 4.49. The van der Waals surface area contributed by atoms with Crippen LogP contribution in [0.3, 0.4) is 0 Å². The molecule has 1 saturated heterocycles. The first-order valence-corrected chi connectivity index (χ1v) is 8.56. The van der Waals surface area contributed by atoms with Crippen LogP contribution >= 0.6 is 0 Å². The van der Waals surface area contributed by atoms with Gasteiger partial charge in [0.15, 0.2) is 0 Å². The van der Waals surface area contributed by atoms with E-state index >= 15 is 0 Å². The summed E-state index contributed by atoms with van der Waals surface area (Å²) >= 11 is 0. The van der Waals surface area contributed by atoms with Gasteiger partial charge in [-0.15, -0.1) is 0 Å². The Kier molecular flexibility index (Phi) is 5.38. The maximum atomic E-state index is 12.6. The van der Waals surface area contributed by atoms with E-state index in [0.29, 0.717) is 18.0 Å². The van der Waals surface area contributed by atoms with Gasteiger partial charge >= 0.3 is 0 Å². The summed E-state index contributed by atoms with van der Waals surface area (Å²) in [6, 6.07) is 6.94. The van der Waals surface area contributed by atoms with Gasteiger partial charge in [0.25, 0.3) is 11.8 Å². The SMILES string of the molecule is CC1CCN(C(=O)c2ccnc(C(=O)NCc3cccnc3)c2)CC1. The Bertz CT molecular complexity index is 740. The van der Waals surface area contributed by atoms with E-state index < -0.39 is 0 Å². The van der Waals surface area contributed by atoms with Gasteiger partial charge in [0.1, 0.15) is 5.69 Å². The normalized spacial score (nSPS) is 15.0. The number of carbonyl (C=O) groups is 2. The van der Waals surface area contributed by atoms with Crippen molar-refractivity contribution in [3.05, 3.63) is 59.7 Å². The van der Waals surface area contributed by atoms with Gasteiger partial charge in [-0.3, -0.25) is 19.6 Å². The molecule has 0 saturated carbocycles. The monoisotopic (exact) mass is 338 g/mol. The predicted molar refractivity (Wildman–Crippen MR) is 93.9 cm³/mol. The summed E-state index contributed by atoms with van der Waals surface area (Å²) in [5.74, 6) is 0.330. The number of nitrogens with one attached hydrogen (secondary N) is 1. The number of pyridine rings is 2. The Balaban J connectivity index is 1.64. The Morgan fingerprint density at radius 1 is 1.24 bits per heavy atom. The summed E-state index contributed by atoms with van der Waals surface area (Å²) in [6.07, 6.45) is 6.94. The highest BCUT2D eigenvalue weighted by atomic mass is 16.2. The first-order chi connectivity index (χ1) is 12.1. The molecular formula is C19H22N4O2. The van der Waals surface area contributed by atoms with Crippen molar-refractivity contribution in [1.29, 1.82) is 0 Å². The second-order valence-corrected chi connectivity index (χ2v) is 6.45. The van der Waals surface area contributed by atoms with Crippen molar-refractivity contribution in [2.75, 3.05) is 13.1 Å². The minimum Gasteiger partial charge on any atom is -0.347 e. The molecule has 0 aromatic carbocycles. The van der Waals surface area contributed by atoms with Gasteiger partial charge < -0.3 is 10.2 Å². The highest BCUT2D eigenvalue weighted by Crippen LogP contribution is 2.18. The number of rotatable bonds is 4. The van der Waals surface area contributed by atoms with Crippen LogP contribution in [0.5, 0.6) is 0 Å². The predicted octanol–water partition coefficient (Wildman–Crippen LogP) is 2.28. The first-order valence-electron chi connectivity index (χ1n) is 8.56. The van der Waals surface area contributed by atoms with Gasteiger partial charge in [0.05, 0.1) is 0 Å². The molecule has 3 heterocycles. The maximum absolute atomic E-state index is 12.6. The van der Waals surface area contributed by atoms with Gasteiger partial charge in [0, 0.05) is 43.8 Å². The minimum atomic E-state index is -0.300. The number of carbonyl (C=O) groups excluding carboxylic acids is 2. The van der Waals surface area contributed by atoms with Crippen molar-refractivity contribution >= 4 is 11.8 Å². The fourth-order valence-corrected chi connectivity index (χ4v) is 2.86. The molecule has 3 rings (SSSR count). The molecule has 0 atom stereocenters.